The first-order chi connectivity index (χ1) is 11.8. The van der Waals surface area contributed by atoms with Crippen LogP contribution in [0, 0.1) is 0 Å². The number of benzene rings is 1. The molecule has 5 nitrogen and oxygen atoms in total. The number of carbonyl (C=O) groups excluding carboxylic acids is 1. The Labute approximate surface area is 142 Å². The van der Waals surface area contributed by atoms with Crippen molar-refractivity contribution in [3.05, 3.63) is 59.4 Å². The zero-order valence-corrected chi connectivity index (χ0v) is 13.5. The van der Waals surface area contributed by atoms with Gasteiger partial charge in [-0.15, -0.1) is 11.3 Å². The van der Waals surface area contributed by atoms with Crippen molar-refractivity contribution >= 4 is 28.5 Å². The Kier molecular flexibility index (Phi) is 3.88. The summed E-state index contributed by atoms with van der Waals surface area (Å²) >= 11 is 1.40. The summed E-state index contributed by atoms with van der Waals surface area (Å²) in [5.41, 5.74) is 3.08. The van der Waals surface area contributed by atoms with Crippen LogP contribution in [0.25, 0.3) is 17.3 Å². The second-order valence-electron chi connectivity index (χ2n) is 5.30. The van der Waals surface area contributed by atoms with Crippen molar-refractivity contribution in [2.75, 3.05) is 11.9 Å². The topological polar surface area (TPSA) is 64.4 Å². The second-order valence-corrected chi connectivity index (χ2v) is 6.15. The van der Waals surface area contributed by atoms with Gasteiger partial charge in [0.2, 0.25) is 5.91 Å². The molecular formula is C18H14N2O3S. The number of hydrogen-bond acceptors (Lipinski definition) is 5. The van der Waals surface area contributed by atoms with Crippen molar-refractivity contribution in [1.82, 2.24) is 4.98 Å². The lowest BCUT2D eigenvalue weighted by Crippen LogP contribution is -2.07. The van der Waals surface area contributed by atoms with Crippen LogP contribution in [0.15, 0.2) is 52.5 Å². The number of nitrogens with one attached hydrogen (secondary N) is 1. The molecule has 0 radical (unpaired) electrons. The predicted molar refractivity (Wildman–Crippen MR) is 93.1 cm³/mol. The minimum Gasteiger partial charge on any atom is -0.493 e. The smallest absolute Gasteiger partial charge is 0.250 e. The van der Waals surface area contributed by atoms with E-state index in [1.807, 2.05) is 17.5 Å². The highest BCUT2D eigenvalue weighted by atomic mass is 32.1. The predicted octanol–water partition coefficient (Wildman–Crippen LogP) is 3.99. The molecule has 0 saturated carbocycles. The summed E-state index contributed by atoms with van der Waals surface area (Å²) in [6.45, 7) is 0.735. The lowest BCUT2D eigenvalue weighted by Gasteiger charge is -2.01. The highest BCUT2D eigenvalue weighted by Crippen LogP contribution is 2.31. The van der Waals surface area contributed by atoms with E-state index in [0.29, 0.717) is 10.9 Å². The third kappa shape index (κ3) is 3.09. The number of carbonyl (C=O) groups is 1. The molecule has 3 aromatic rings. The van der Waals surface area contributed by atoms with Gasteiger partial charge in [0.05, 0.1) is 18.6 Å². The fourth-order valence-electron chi connectivity index (χ4n) is 2.50. The van der Waals surface area contributed by atoms with Gasteiger partial charge in [-0.1, -0.05) is 0 Å². The summed E-state index contributed by atoms with van der Waals surface area (Å²) in [7, 11) is 0. The van der Waals surface area contributed by atoms with E-state index in [0.717, 1.165) is 30.0 Å². The highest BCUT2D eigenvalue weighted by molar-refractivity contribution is 7.14. The quantitative estimate of drug-likeness (QED) is 0.731. The van der Waals surface area contributed by atoms with Crippen molar-refractivity contribution in [3.63, 3.8) is 0 Å². The van der Waals surface area contributed by atoms with Crippen LogP contribution < -0.4 is 10.1 Å². The van der Waals surface area contributed by atoms with Crippen molar-refractivity contribution in [2.45, 2.75) is 6.42 Å². The summed E-state index contributed by atoms with van der Waals surface area (Å²) in [6, 6.07) is 9.61. The van der Waals surface area contributed by atoms with Gasteiger partial charge in [0.1, 0.15) is 11.5 Å². The molecule has 24 heavy (non-hydrogen) atoms. The minimum absolute atomic E-state index is 0.241. The summed E-state index contributed by atoms with van der Waals surface area (Å²) in [4.78, 5) is 16.4. The van der Waals surface area contributed by atoms with Gasteiger partial charge in [-0.25, -0.2) is 4.98 Å². The summed E-state index contributed by atoms with van der Waals surface area (Å²) in [6.07, 6.45) is 5.53. The molecule has 4 rings (SSSR count). The van der Waals surface area contributed by atoms with Crippen molar-refractivity contribution in [1.29, 1.82) is 0 Å². The van der Waals surface area contributed by atoms with Gasteiger partial charge in [0.25, 0.3) is 0 Å². The number of rotatable bonds is 4. The highest BCUT2D eigenvalue weighted by Gasteiger charge is 2.14. The van der Waals surface area contributed by atoms with Crippen LogP contribution in [0.3, 0.4) is 0 Å². The van der Waals surface area contributed by atoms with Gasteiger partial charge in [0.15, 0.2) is 5.13 Å². The van der Waals surface area contributed by atoms with Crippen molar-refractivity contribution in [2.24, 2.45) is 0 Å². The average molecular weight is 338 g/mol. The van der Waals surface area contributed by atoms with Crippen molar-refractivity contribution in [3.8, 4) is 17.0 Å². The molecule has 1 aliphatic heterocycles. The molecule has 6 heteroatoms. The minimum atomic E-state index is -0.241. The molecule has 0 aliphatic carbocycles. The third-order valence-electron chi connectivity index (χ3n) is 3.66. The standard InChI is InChI=1S/C18H14N2O3S/c21-17(6-4-14-2-1-8-22-14)20-18-19-15(11-24-18)12-3-5-16-13(10-12)7-9-23-16/h1-6,8,10-11H,7,9H2,(H,19,20,21)/b6-4+. The number of fused-ring (bicyclic) bond motifs is 1. The number of aromatic nitrogens is 1. The van der Waals surface area contributed by atoms with Gasteiger partial charge in [-0.05, 0) is 42.0 Å². The molecule has 2 aromatic heterocycles. The Bertz CT molecular complexity index is 897. The molecule has 1 amide bonds. The molecular weight excluding hydrogens is 324 g/mol. The average Bonchev–Trinajstić information content (AvgIpc) is 3.33. The summed E-state index contributed by atoms with van der Waals surface area (Å²) in [5, 5.41) is 5.26. The second kappa shape index (κ2) is 6.33. The van der Waals surface area contributed by atoms with Gasteiger partial charge < -0.3 is 9.15 Å². The van der Waals surface area contributed by atoms with Crippen LogP contribution in [0.1, 0.15) is 11.3 Å². The Hall–Kier alpha value is -2.86. The van der Waals surface area contributed by atoms with Crippen LogP contribution >= 0.6 is 11.3 Å². The number of hydrogen-bond donors (Lipinski definition) is 1. The van der Waals surface area contributed by atoms with Crippen LogP contribution in [-0.2, 0) is 11.2 Å². The molecule has 0 bridgehead atoms. The maximum Gasteiger partial charge on any atom is 0.250 e. The number of amides is 1. The molecule has 120 valence electrons. The molecule has 0 fully saturated rings. The number of furan rings is 1. The molecule has 3 heterocycles. The maximum atomic E-state index is 11.9. The molecule has 1 aromatic carbocycles. The molecule has 0 unspecified atom stereocenters. The lowest BCUT2D eigenvalue weighted by atomic mass is 10.1. The molecule has 0 saturated heterocycles. The zero-order valence-electron chi connectivity index (χ0n) is 12.7. The fourth-order valence-corrected chi connectivity index (χ4v) is 3.22. The molecule has 1 aliphatic rings. The van der Waals surface area contributed by atoms with Gasteiger partial charge in [-0.3, -0.25) is 10.1 Å². The number of anilines is 1. The van der Waals surface area contributed by atoms with E-state index in [9.17, 15) is 4.79 Å². The van der Waals surface area contributed by atoms with E-state index in [4.69, 9.17) is 9.15 Å². The fraction of sp³-hybridized carbons (Fsp3) is 0.111. The van der Waals surface area contributed by atoms with E-state index in [1.54, 1.807) is 24.5 Å². The van der Waals surface area contributed by atoms with E-state index in [2.05, 4.69) is 16.4 Å². The molecule has 0 atom stereocenters. The van der Waals surface area contributed by atoms with E-state index >= 15 is 0 Å². The number of thiazole rings is 1. The summed E-state index contributed by atoms with van der Waals surface area (Å²) < 4.78 is 10.7. The van der Waals surface area contributed by atoms with Gasteiger partial charge in [-0.2, -0.15) is 0 Å². The molecule has 1 N–H and O–H groups in total. The van der Waals surface area contributed by atoms with Gasteiger partial charge in [0, 0.05) is 23.4 Å². The third-order valence-corrected chi connectivity index (χ3v) is 4.42. The zero-order chi connectivity index (χ0) is 16.4. The Morgan fingerprint density at radius 2 is 2.29 bits per heavy atom. The summed E-state index contributed by atoms with van der Waals surface area (Å²) in [5.74, 6) is 1.34. The first-order valence-corrected chi connectivity index (χ1v) is 8.40. The van der Waals surface area contributed by atoms with Crippen LogP contribution in [0.5, 0.6) is 5.75 Å². The Morgan fingerprint density at radius 1 is 1.33 bits per heavy atom. The first kappa shape index (κ1) is 14.7. The van der Waals surface area contributed by atoms with Crippen LogP contribution in [-0.4, -0.2) is 17.5 Å². The van der Waals surface area contributed by atoms with E-state index < -0.39 is 0 Å². The van der Waals surface area contributed by atoms with Crippen LogP contribution in [0.4, 0.5) is 5.13 Å². The van der Waals surface area contributed by atoms with E-state index in [-0.39, 0.29) is 5.91 Å². The first-order valence-electron chi connectivity index (χ1n) is 7.52. The Balaban J connectivity index is 1.46. The SMILES string of the molecule is O=C(/C=C/c1ccco1)Nc1nc(-c2ccc3c(c2)CCO3)cs1. The number of ether oxygens (including phenoxy) is 1. The lowest BCUT2D eigenvalue weighted by molar-refractivity contribution is -0.111. The number of nitrogens with zero attached hydrogens (tertiary/aromatic N) is 1. The van der Waals surface area contributed by atoms with Crippen molar-refractivity contribution < 1.29 is 13.9 Å². The Morgan fingerprint density at radius 3 is 3.17 bits per heavy atom. The largest absolute Gasteiger partial charge is 0.493 e. The van der Waals surface area contributed by atoms with Crippen LogP contribution in [0.2, 0.25) is 0 Å². The van der Waals surface area contributed by atoms with E-state index in [1.165, 1.54) is 23.0 Å². The monoisotopic (exact) mass is 338 g/mol. The normalized spacial score (nSPS) is 13.0. The van der Waals surface area contributed by atoms with Gasteiger partial charge >= 0.3 is 0 Å². The molecule has 0 spiro atoms. The maximum absolute atomic E-state index is 11.9.